The number of hydrogen-bond acceptors (Lipinski definition) is 6. The molecular weight excluding hydrogens is 420 g/mol. The first-order valence-electron chi connectivity index (χ1n) is 10.1. The Labute approximate surface area is 182 Å². The zero-order chi connectivity index (χ0) is 21.4. The van der Waals surface area contributed by atoms with Gasteiger partial charge in [-0.05, 0) is 37.3 Å². The number of hydrogen-bond donors (Lipinski definition) is 0. The van der Waals surface area contributed by atoms with Gasteiger partial charge in [0.25, 0.3) is 0 Å². The molecule has 7 nitrogen and oxygen atoms in total. The number of amides is 2. The lowest BCUT2D eigenvalue weighted by Crippen LogP contribution is -2.45. The summed E-state index contributed by atoms with van der Waals surface area (Å²) in [4.78, 5) is 45.1. The first-order chi connectivity index (χ1) is 15.0. The molecule has 31 heavy (non-hydrogen) atoms. The number of imide groups is 1. The predicted molar refractivity (Wildman–Crippen MR) is 111 cm³/mol. The Morgan fingerprint density at radius 3 is 2.29 bits per heavy atom. The van der Waals surface area contributed by atoms with Crippen LogP contribution in [0.5, 0.6) is 0 Å². The van der Waals surface area contributed by atoms with Gasteiger partial charge in [0.1, 0.15) is 6.10 Å². The largest absolute Gasteiger partial charge is 0.389 e. The molecule has 0 radical (unpaired) electrons. The van der Waals surface area contributed by atoms with Crippen molar-refractivity contribution in [3.8, 4) is 0 Å². The molecule has 3 saturated heterocycles. The summed E-state index contributed by atoms with van der Waals surface area (Å²) < 4.78 is 6.11. The molecule has 4 heterocycles. The number of fused-ring (bicyclic) bond motifs is 8. The Balaban J connectivity index is 1.34. The molecule has 2 bridgehead atoms. The average Bonchev–Trinajstić information content (AvgIpc) is 3.49. The minimum absolute atomic E-state index is 0.0784. The molecule has 6 rings (SSSR count). The van der Waals surface area contributed by atoms with Gasteiger partial charge in [-0.15, -0.1) is 0 Å². The van der Waals surface area contributed by atoms with Gasteiger partial charge < -0.3 is 9.57 Å². The maximum atomic E-state index is 13.4. The van der Waals surface area contributed by atoms with E-state index in [1.54, 1.807) is 30.3 Å². The van der Waals surface area contributed by atoms with Crippen LogP contribution >= 0.6 is 11.6 Å². The van der Waals surface area contributed by atoms with Gasteiger partial charge in [-0.1, -0.05) is 35.0 Å². The third kappa shape index (κ3) is 2.44. The lowest BCUT2D eigenvalue weighted by molar-refractivity contribution is -0.125. The zero-order valence-corrected chi connectivity index (χ0v) is 17.2. The highest BCUT2D eigenvalue weighted by molar-refractivity contribution is 6.34. The van der Waals surface area contributed by atoms with Gasteiger partial charge in [-0.2, -0.15) is 0 Å². The number of anilines is 1. The number of ketones is 1. The van der Waals surface area contributed by atoms with Gasteiger partial charge in [0.05, 0.1) is 35.3 Å². The Bertz CT molecular complexity index is 1180. The van der Waals surface area contributed by atoms with Gasteiger partial charge in [-0.25, -0.2) is 4.90 Å². The van der Waals surface area contributed by atoms with Gasteiger partial charge in [-0.3, -0.25) is 14.4 Å². The van der Waals surface area contributed by atoms with Crippen LogP contribution in [0.2, 0.25) is 5.02 Å². The monoisotopic (exact) mass is 436 g/mol. The second-order valence-corrected chi connectivity index (χ2v) is 8.69. The Morgan fingerprint density at radius 2 is 1.61 bits per heavy atom. The van der Waals surface area contributed by atoms with E-state index < -0.39 is 30.1 Å². The zero-order valence-electron chi connectivity index (χ0n) is 16.4. The number of ether oxygens (including phenoxy) is 1. The van der Waals surface area contributed by atoms with Crippen LogP contribution in [0, 0.1) is 17.8 Å². The summed E-state index contributed by atoms with van der Waals surface area (Å²) in [5.74, 6) is -2.13. The molecule has 0 aromatic heterocycles. The van der Waals surface area contributed by atoms with Crippen LogP contribution in [-0.2, 0) is 19.2 Å². The molecular formula is C23H17ClN2O5. The summed E-state index contributed by atoms with van der Waals surface area (Å²) in [5.41, 5.74) is 2.39. The number of carbonyl (C=O) groups is 3. The summed E-state index contributed by atoms with van der Waals surface area (Å²) in [6.07, 6.45) is -1.47. The van der Waals surface area contributed by atoms with Crippen molar-refractivity contribution in [1.29, 1.82) is 0 Å². The molecule has 2 aromatic rings. The molecule has 3 fully saturated rings. The first kappa shape index (κ1) is 18.7. The molecule has 0 spiro atoms. The van der Waals surface area contributed by atoms with Crippen LogP contribution in [0.15, 0.2) is 53.7 Å². The molecule has 0 N–H and O–H groups in total. The summed E-state index contributed by atoms with van der Waals surface area (Å²) >= 11 is 6.37. The molecule has 2 amide bonds. The maximum absolute atomic E-state index is 13.4. The topological polar surface area (TPSA) is 85.3 Å². The number of oxime groups is 1. The van der Waals surface area contributed by atoms with Crippen molar-refractivity contribution in [1.82, 2.24) is 0 Å². The van der Waals surface area contributed by atoms with Crippen LogP contribution in [0.3, 0.4) is 0 Å². The van der Waals surface area contributed by atoms with E-state index >= 15 is 0 Å². The number of rotatable bonds is 3. The van der Waals surface area contributed by atoms with E-state index in [-0.39, 0.29) is 23.5 Å². The van der Waals surface area contributed by atoms with Crippen molar-refractivity contribution in [2.45, 2.75) is 25.2 Å². The third-order valence-corrected chi connectivity index (χ3v) is 7.05. The van der Waals surface area contributed by atoms with Gasteiger partial charge in [0, 0.05) is 16.1 Å². The van der Waals surface area contributed by atoms with Crippen LogP contribution in [0.4, 0.5) is 5.69 Å². The second-order valence-electron chi connectivity index (χ2n) is 8.28. The molecule has 4 aliphatic rings. The summed E-state index contributed by atoms with van der Waals surface area (Å²) in [6.45, 7) is 1.47. The fourth-order valence-electron chi connectivity index (χ4n) is 5.35. The molecule has 8 heteroatoms. The smallest absolute Gasteiger partial charge is 0.240 e. The molecule has 0 unspecified atom stereocenters. The minimum atomic E-state index is -0.605. The highest BCUT2D eigenvalue weighted by atomic mass is 35.5. The normalized spacial score (nSPS) is 32.7. The first-order valence-corrected chi connectivity index (χ1v) is 10.5. The predicted octanol–water partition coefficient (Wildman–Crippen LogP) is 2.85. The van der Waals surface area contributed by atoms with Crippen molar-refractivity contribution in [3.05, 3.63) is 64.7 Å². The summed E-state index contributed by atoms with van der Waals surface area (Å²) in [6, 6.07) is 13.8. The molecule has 2 aromatic carbocycles. The van der Waals surface area contributed by atoms with Crippen LogP contribution in [0.25, 0.3) is 0 Å². The Kier molecular flexibility index (Phi) is 3.91. The van der Waals surface area contributed by atoms with E-state index in [1.807, 2.05) is 18.2 Å². The molecule has 0 aliphatic carbocycles. The van der Waals surface area contributed by atoms with Crippen molar-refractivity contribution >= 4 is 40.6 Å². The summed E-state index contributed by atoms with van der Waals surface area (Å²) in [7, 11) is 0. The van der Waals surface area contributed by atoms with E-state index in [2.05, 4.69) is 5.16 Å². The number of Topliss-reactive ketones (excluding diaryl/α,β-unsaturated/α-hetero) is 1. The van der Waals surface area contributed by atoms with E-state index in [1.165, 1.54) is 11.8 Å². The second kappa shape index (κ2) is 6.48. The SMILES string of the molecule is CC(=O)c1ccc(N2C(=O)[C@@H]3[C@H]4O[C@H]([C@H]5ON=C(c6ccccc6Cl)[C@H]54)[C@@H]3C2=O)cc1. The van der Waals surface area contributed by atoms with E-state index in [9.17, 15) is 14.4 Å². The van der Waals surface area contributed by atoms with Crippen LogP contribution < -0.4 is 4.90 Å². The lowest BCUT2D eigenvalue weighted by Gasteiger charge is -2.26. The lowest BCUT2D eigenvalue weighted by atomic mass is 9.71. The number of carbonyl (C=O) groups excluding carboxylic acids is 3. The van der Waals surface area contributed by atoms with Crippen LogP contribution in [0.1, 0.15) is 22.8 Å². The fourth-order valence-corrected chi connectivity index (χ4v) is 5.58. The Morgan fingerprint density at radius 1 is 0.935 bits per heavy atom. The maximum Gasteiger partial charge on any atom is 0.240 e. The minimum Gasteiger partial charge on any atom is -0.389 e. The number of benzene rings is 2. The van der Waals surface area contributed by atoms with Gasteiger partial charge in [0.15, 0.2) is 11.9 Å². The number of nitrogens with zero attached hydrogens (tertiary/aromatic N) is 2. The van der Waals surface area contributed by atoms with Gasteiger partial charge >= 0.3 is 0 Å². The quantitative estimate of drug-likeness (QED) is 0.545. The molecule has 156 valence electrons. The molecule has 4 aliphatic heterocycles. The van der Waals surface area contributed by atoms with E-state index in [4.69, 9.17) is 21.2 Å². The summed E-state index contributed by atoms with van der Waals surface area (Å²) in [5, 5.41) is 4.80. The average molecular weight is 437 g/mol. The highest BCUT2D eigenvalue weighted by Crippen LogP contribution is 2.55. The van der Waals surface area contributed by atoms with Crippen molar-refractivity contribution in [2.75, 3.05) is 4.90 Å². The Hall–Kier alpha value is -3.03. The van der Waals surface area contributed by atoms with E-state index in [0.29, 0.717) is 22.0 Å². The van der Waals surface area contributed by atoms with Crippen molar-refractivity contribution in [3.63, 3.8) is 0 Å². The number of halogens is 1. The van der Waals surface area contributed by atoms with Crippen molar-refractivity contribution in [2.24, 2.45) is 22.9 Å². The highest BCUT2D eigenvalue weighted by Gasteiger charge is 2.72. The molecule has 0 saturated carbocycles. The standard InChI is InChI=1S/C23H17ClN2O5/c1-10(27)11-6-8-12(9-7-11)26-22(28)15-16(23(26)29)20-21-17(19(15)30-20)18(25-31-21)13-4-2-3-5-14(13)24/h2-9,15-17,19-21H,1H3/t15-,16+,17-,19+,20-,21-/m0/s1. The fraction of sp³-hybridized carbons (Fsp3) is 0.304. The van der Waals surface area contributed by atoms with Crippen LogP contribution in [-0.4, -0.2) is 41.6 Å². The van der Waals surface area contributed by atoms with Gasteiger partial charge in [0.2, 0.25) is 11.8 Å². The third-order valence-electron chi connectivity index (χ3n) is 6.72. The van der Waals surface area contributed by atoms with E-state index in [0.717, 1.165) is 5.56 Å². The van der Waals surface area contributed by atoms with Crippen molar-refractivity contribution < 1.29 is 24.0 Å². The molecule has 6 atom stereocenters.